The summed E-state index contributed by atoms with van der Waals surface area (Å²) >= 11 is 1.59. The molecule has 1 aromatic heterocycles. The number of thiophene rings is 1. The normalized spacial score (nSPS) is 12.2. The summed E-state index contributed by atoms with van der Waals surface area (Å²) < 4.78 is 4.80. The summed E-state index contributed by atoms with van der Waals surface area (Å²) in [5.74, 6) is 0. The van der Waals surface area contributed by atoms with Crippen molar-refractivity contribution in [3.05, 3.63) is 16.3 Å². The maximum atomic E-state index is 11.2. The monoisotopic (exact) mass is 228 g/mol. The van der Waals surface area contributed by atoms with E-state index in [9.17, 15) is 4.79 Å². The average Bonchev–Trinajstić information content (AvgIpc) is 2.52. The lowest BCUT2D eigenvalue weighted by molar-refractivity contribution is 0.168. The fraction of sp³-hybridized carbons (Fsp3) is 0.500. The number of anilines is 1. The largest absolute Gasteiger partial charge is 0.450 e. The van der Waals surface area contributed by atoms with Gasteiger partial charge in [-0.05, 0) is 31.7 Å². The van der Waals surface area contributed by atoms with E-state index in [1.54, 1.807) is 18.3 Å². The number of amides is 1. The van der Waals surface area contributed by atoms with E-state index in [-0.39, 0.29) is 6.04 Å². The number of nitrogens with one attached hydrogen (secondary N) is 1. The van der Waals surface area contributed by atoms with E-state index in [2.05, 4.69) is 5.32 Å². The molecular weight excluding hydrogens is 212 g/mol. The van der Waals surface area contributed by atoms with Gasteiger partial charge >= 0.3 is 6.09 Å². The molecule has 0 fully saturated rings. The van der Waals surface area contributed by atoms with Crippen molar-refractivity contribution in [1.29, 1.82) is 0 Å². The van der Waals surface area contributed by atoms with Crippen LogP contribution in [0, 0.1) is 0 Å². The van der Waals surface area contributed by atoms with Gasteiger partial charge in [0.15, 0.2) is 0 Å². The van der Waals surface area contributed by atoms with Crippen LogP contribution in [0.5, 0.6) is 0 Å². The summed E-state index contributed by atoms with van der Waals surface area (Å²) in [7, 11) is 0. The number of carbonyl (C=O) groups is 1. The Balaban J connectivity index is 2.60. The van der Waals surface area contributed by atoms with Crippen LogP contribution in [0.15, 0.2) is 11.4 Å². The molecule has 15 heavy (non-hydrogen) atoms. The zero-order valence-corrected chi connectivity index (χ0v) is 9.76. The highest BCUT2D eigenvalue weighted by molar-refractivity contribution is 7.10. The second-order valence-corrected chi connectivity index (χ2v) is 4.28. The lowest BCUT2D eigenvalue weighted by Gasteiger charge is -2.07. The Labute approximate surface area is 93.4 Å². The van der Waals surface area contributed by atoms with Gasteiger partial charge in [-0.3, -0.25) is 5.32 Å². The second kappa shape index (κ2) is 5.72. The molecule has 0 bridgehead atoms. The Kier molecular flexibility index (Phi) is 4.58. The van der Waals surface area contributed by atoms with Crippen LogP contribution in [0.1, 0.15) is 18.7 Å². The lowest BCUT2D eigenvalue weighted by atomic mass is 10.2. The Bertz CT molecular complexity index is 323. The fourth-order valence-electron chi connectivity index (χ4n) is 1.18. The van der Waals surface area contributed by atoms with E-state index >= 15 is 0 Å². The van der Waals surface area contributed by atoms with Gasteiger partial charge in [-0.25, -0.2) is 4.79 Å². The first-order chi connectivity index (χ1) is 7.13. The predicted molar refractivity (Wildman–Crippen MR) is 62.3 cm³/mol. The molecule has 1 amide bonds. The Hall–Kier alpha value is -1.07. The van der Waals surface area contributed by atoms with Crippen LogP contribution in [-0.2, 0) is 11.2 Å². The van der Waals surface area contributed by atoms with Crippen molar-refractivity contribution < 1.29 is 9.53 Å². The molecule has 1 unspecified atom stereocenters. The van der Waals surface area contributed by atoms with Crippen molar-refractivity contribution in [3.8, 4) is 0 Å². The van der Waals surface area contributed by atoms with Crippen molar-refractivity contribution in [3.63, 3.8) is 0 Å². The molecule has 5 heteroatoms. The Morgan fingerprint density at radius 2 is 2.47 bits per heavy atom. The molecule has 0 saturated carbocycles. The minimum Gasteiger partial charge on any atom is -0.450 e. The van der Waals surface area contributed by atoms with Gasteiger partial charge in [0.25, 0.3) is 0 Å². The Morgan fingerprint density at radius 1 is 1.73 bits per heavy atom. The molecule has 1 aromatic rings. The van der Waals surface area contributed by atoms with Gasteiger partial charge in [-0.15, -0.1) is 11.3 Å². The molecule has 4 nitrogen and oxygen atoms in total. The first-order valence-electron chi connectivity index (χ1n) is 4.89. The number of carbonyl (C=O) groups excluding carboxylic acids is 1. The van der Waals surface area contributed by atoms with Gasteiger partial charge in [0.05, 0.1) is 12.3 Å². The zero-order chi connectivity index (χ0) is 11.3. The van der Waals surface area contributed by atoms with Crippen LogP contribution in [0.2, 0.25) is 0 Å². The minimum absolute atomic E-state index is 0.0893. The van der Waals surface area contributed by atoms with Gasteiger partial charge in [-0.2, -0.15) is 0 Å². The topological polar surface area (TPSA) is 64.3 Å². The molecule has 0 saturated heterocycles. The van der Waals surface area contributed by atoms with Crippen molar-refractivity contribution in [2.45, 2.75) is 26.3 Å². The molecule has 1 rings (SSSR count). The van der Waals surface area contributed by atoms with E-state index in [0.717, 1.165) is 17.0 Å². The van der Waals surface area contributed by atoms with E-state index in [4.69, 9.17) is 10.5 Å². The fourth-order valence-corrected chi connectivity index (χ4v) is 2.15. The molecule has 0 aliphatic carbocycles. The zero-order valence-electron chi connectivity index (χ0n) is 8.95. The molecule has 0 aliphatic rings. The molecule has 1 heterocycles. The highest BCUT2D eigenvalue weighted by atomic mass is 32.1. The van der Waals surface area contributed by atoms with E-state index < -0.39 is 6.09 Å². The lowest BCUT2D eigenvalue weighted by Crippen LogP contribution is -2.19. The first kappa shape index (κ1) is 12.0. The van der Waals surface area contributed by atoms with E-state index in [1.807, 2.05) is 18.4 Å². The standard InChI is InChI=1S/C10H16N2O2S/c1-3-14-10(13)12-8-4-5-15-9(8)6-7(2)11/h4-5,7H,3,6,11H2,1-2H3,(H,12,13). The van der Waals surface area contributed by atoms with Gasteiger partial charge in [0.2, 0.25) is 0 Å². The number of hydrogen-bond acceptors (Lipinski definition) is 4. The van der Waals surface area contributed by atoms with Crippen LogP contribution >= 0.6 is 11.3 Å². The van der Waals surface area contributed by atoms with E-state index in [1.165, 1.54) is 0 Å². The van der Waals surface area contributed by atoms with E-state index in [0.29, 0.717) is 6.61 Å². The quantitative estimate of drug-likeness (QED) is 0.830. The molecule has 1 atom stereocenters. The predicted octanol–water partition coefficient (Wildman–Crippen LogP) is 2.21. The minimum atomic E-state index is -0.415. The molecule has 84 valence electrons. The molecule has 0 radical (unpaired) electrons. The smallest absolute Gasteiger partial charge is 0.411 e. The summed E-state index contributed by atoms with van der Waals surface area (Å²) in [5.41, 5.74) is 6.51. The van der Waals surface area contributed by atoms with Gasteiger partial charge in [-0.1, -0.05) is 0 Å². The second-order valence-electron chi connectivity index (χ2n) is 3.28. The maximum absolute atomic E-state index is 11.2. The average molecular weight is 228 g/mol. The number of ether oxygens (including phenoxy) is 1. The summed E-state index contributed by atoms with van der Waals surface area (Å²) in [6, 6.07) is 1.95. The highest BCUT2D eigenvalue weighted by Crippen LogP contribution is 2.23. The summed E-state index contributed by atoms with van der Waals surface area (Å²) in [6.45, 7) is 4.09. The summed E-state index contributed by atoms with van der Waals surface area (Å²) in [5, 5.41) is 4.62. The van der Waals surface area contributed by atoms with Crippen LogP contribution in [0.3, 0.4) is 0 Å². The third-order valence-corrected chi connectivity index (χ3v) is 2.71. The maximum Gasteiger partial charge on any atom is 0.411 e. The molecule has 0 aromatic carbocycles. The molecule has 3 N–H and O–H groups in total. The third-order valence-electron chi connectivity index (χ3n) is 1.76. The van der Waals surface area contributed by atoms with Crippen LogP contribution in [0.4, 0.5) is 10.5 Å². The molecular formula is C10H16N2O2S. The molecule has 0 aliphatic heterocycles. The van der Waals surface area contributed by atoms with Crippen LogP contribution < -0.4 is 11.1 Å². The van der Waals surface area contributed by atoms with Crippen molar-refractivity contribution >= 4 is 23.1 Å². The molecule has 0 spiro atoms. The first-order valence-corrected chi connectivity index (χ1v) is 5.77. The number of nitrogens with two attached hydrogens (primary N) is 1. The van der Waals surface area contributed by atoms with Crippen LogP contribution in [0.25, 0.3) is 0 Å². The third kappa shape index (κ3) is 3.89. The van der Waals surface area contributed by atoms with Crippen LogP contribution in [-0.4, -0.2) is 18.7 Å². The van der Waals surface area contributed by atoms with Gasteiger partial charge in [0.1, 0.15) is 0 Å². The SMILES string of the molecule is CCOC(=O)Nc1ccsc1CC(C)N. The Morgan fingerprint density at radius 3 is 3.07 bits per heavy atom. The number of rotatable bonds is 4. The van der Waals surface area contributed by atoms with Crippen molar-refractivity contribution in [2.75, 3.05) is 11.9 Å². The summed E-state index contributed by atoms with van der Waals surface area (Å²) in [6.07, 6.45) is 0.348. The van der Waals surface area contributed by atoms with Gasteiger partial charge < -0.3 is 10.5 Å². The van der Waals surface area contributed by atoms with Gasteiger partial charge in [0, 0.05) is 10.9 Å². The summed E-state index contributed by atoms with van der Waals surface area (Å²) in [4.78, 5) is 12.3. The highest BCUT2D eigenvalue weighted by Gasteiger charge is 2.09. The van der Waals surface area contributed by atoms with Crippen molar-refractivity contribution in [2.24, 2.45) is 5.73 Å². The number of hydrogen-bond donors (Lipinski definition) is 2. The van der Waals surface area contributed by atoms with Crippen molar-refractivity contribution in [1.82, 2.24) is 0 Å².